The smallest absolute Gasteiger partial charge is 0.331 e. The van der Waals surface area contributed by atoms with Gasteiger partial charge in [0, 0.05) is 28.6 Å². The topological polar surface area (TPSA) is 67.5 Å². The third-order valence-corrected chi connectivity index (χ3v) is 4.66. The van der Waals surface area contributed by atoms with Gasteiger partial charge in [0.25, 0.3) is 0 Å². The minimum atomic E-state index is -0.921. The molecule has 0 saturated heterocycles. The number of hydrogen-bond acceptors (Lipinski definition) is 3. The summed E-state index contributed by atoms with van der Waals surface area (Å²) >= 11 is 6.11. The summed E-state index contributed by atoms with van der Waals surface area (Å²) < 4.78 is 1.92. The zero-order valence-corrected chi connectivity index (χ0v) is 15.7. The number of rotatable bonds is 5. The van der Waals surface area contributed by atoms with Gasteiger partial charge in [-0.05, 0) is 55.7 Å². The zero-order chi connectivity index (χ0) is 18.8. The largest absolute Gasteiger partial charge is 0.478 e. The normalized spacial score (nSPS) is 11.9. The fourth-order valence-corrected chi connectivity index (χ4v) is 3.27. The standard InChI is InChI=1S/C20H20ClN3O2/c1-4-13(20(25)26)10-16-12(3)23-24-15(5-2)6-7-17(24)19(16)14-8-9-22-18(21)11-14/h6-11H,4-5H2,1-3H3,(H,25,26). The second-order valence-electron chi connectivity index (χ2n) is 6.04. The molecule has 0 unspecified atom stereocenters. The Balaban J connectivity index is 2.42. The molecule has 3 heterocycles. The third-order valence-electron chi connectivity index (χ3n) is 4.45. The number of aliphatic carboxylic acids is 1. The number of nitrogens with zero attached hydrogens (tertiary/aromatic N) is 3. The van der Waals surface area contributed by atoms with Gasteiger partial charge in [-0.25, -0.2) is 14.3 Å². The third kappa shape index (κ3) is 3.22. The molecule has 0 aromatic carbocycles. The van der Waals surface area contributed by atoms with Crippen molar-refractivity contribution < 1.29 is 9.90 Å². The molecule has 0 aliphatic rings. The first-order valence-corrected chi connectivity index (χ1v) is 8.91. The van der Waals surface area contributed by atoms with Crippen molar-refractivity contribution in [2.24, 2.45) is 0 Å². The fourth-order valence-electron chi connectivity index (χ4n) is 3.10. The monoisotopic (exact) mass is 369 g/mol. The molecule has 0 bridgehead atoms. The highest BCUT2D eigenvalue weighted by Crippen LogP contribution is 2.33. The van der Waals surface area contributed by atoms with Gasteiger partial charge >= 0.3 is 5.97 Å². The highest BCUT2D eigenvalue weighted by molar-refractivity contribution is 6.29. The maximum atomic E-state index is 11.5. The van der Waals surface area contributed by atoms with E-state index in [2.05, 4.69) is 11.9 Å². The van der Waals surface area contributed by atoms with Crippen LogP contribution in [0, 0.1) is 6.92 Å². The Kier molecular flexibility index (Phi) is 5.09. The van der Waals surface area contributed by atoms with Crippen molar-refractivity contribution in [2.75, 3.05) is 0 Å². The Morgan fingerprint density at radius 1 is 1.31 bits per heavy atom. The number of carboxylic acid groups (broad SMARTS) is 1. The number of hydrogen-bond donors (Lipinski definition) is 1. The molecular formula is C20H20ClN3O2. The van der Waals surface area contributed by atoms with Gasteiger partial charge in [0.2, 0.25) is 0 Å². The van der Waals surface area contributed by atoms with E-state index < -0.39 is 5.97 Å². The van der Waals surface area contributed by atoms with E-state index in [1.807, 2.05) is 36.6 Å². The van der Waals surface area contributed by atoms with Gasteiger partial charge in [-0.3, -0.25) is 0 Å². The van der Waals surface area contributed by atoms with E-state index in [1.54, 1.807) is 18.3 Å². The minimum Gasteiger partial charge on any atom is -0.478 e. The van der Waals surface area contributed by atoms with Crippen LogP contribution in [0.5, 0.6) is 0 Å². The van der Waals surface area contributed by atoms with Crippen molar-refractivity contribution in [3.63, 3.8) is 0 Å². The molecule has 3 aromatic heterocycles. The zero-order valence-electron chi connectivity index (χ0n) is 15.0. The number of aryl methyl sites for hydroxylation is 2. The lowest BCUT2D eigenvalue weighted by Crippen LogP contribution is -2.05. The number of fused-ring (bicyclic) bond motifs is 1. The van der Waals surface area contributed by atoms with E-state index in [-0.39, 0.29) is 0 Å². The molecule has 5 nitrogen and oxygen atoms in total. The average Bonchev–Trinajstić information content (AvgIpc) is 3.01. The maximum Gasteiger partial charge on any atom is 0.331 e. The van der Waals surface area contributed by atoms with Crippen LogP contribution in [0.2, 0.25) is 5.15 Å². The van der Waals surface area contributed by atoms with Crippen molar-refractivity contribution in [1.82, 2.24) is 14.6 Å². The van der Waals surface area contributed by atoms with Gasteiger partial charge in [0.15, 0.2) is 0 Å². The second kappa shape index (κ2) is 7.30. The van der Waals surface area contributed by atoms with Gasteiger partial charge in [0.05, 0.1) is 11.2 Å². The highest BCUT2D eigenvalue weighted by Gasteiger charge is 2.17. The van der Waals surface area contributed by atoms with Gasteiger partial charge in [-0.15, -0.1) is 0 Å². The number of halogens is 1. The van der Waals surface area contributed by atoms with Crippen molar-refractivity contribution in [1.29, 1.82) is 0 Å². The second-order valence-corrected chi connectivity index (χ2v) is 6.43. The van der Waals surface area contributed by atoms with E-state index in [1.165, 1.54) is 0 Å². The van der Waals surface area contributed by atoms with Crippen LogP contribution in [-0.4, -0.2) is 25.7 Å². The van der Waals surface area contributed by atoms with E-state index in [4.69, 9.17) is 16.7 Å². The lowest BCUT2D eigenvalue weighted by Gasteiger charge is -2.14. The van der Waals surface area contributed by atoms with Crippen molar-refractivity contribution in [3.05, 3.63) is 58.1 Å². The summed E-state index contributed by atoms with van der Waals surface area (Å²) in [6, 6.07) is 7.72. The first kappa shape index (κ1) is 18.1. The molecule has 0 radical (unpaired) electrons. The van der Waals surface area contributed by atoms with Crippen LogP contribution in [0.3, 0.4) is 0 Å². The molecule has 1 N–H and O–H groups in total. The molecule has 0 saturated carbocycles. The SMILES string of the molecule is CCC(=Cc1c(C)nn2c(CC)ccc2c1-c1ccnc(Cl)c1)C(=O)O. The molecular weight excluding hydrogens is 350 g/mol. The van der Waals surface area contributed by atoms with Crippen molar-refractivity contribution >= 4 is 29.2 Å². The van der Waals surface area contributed by atoms with Crippen LogP contribution in [0.15, 0.2) is 36.0 Å². The molecule has 6 heteroatoms. The number of carbonyl (C=O) groups is 1. The highest BCUT2D eigenvalue weighted by atomic mass is 35.5. The lowest BCUT2D eigenvalue weighted by molar-refractivity contribution is -0.132. The maximum absolute atomic E-state index is 11.5. The summed E-state index contributed by atoms with van der Waals surface area (Å²) in [5.74, 6) is -0.921. The quantitative estimate of drug-likeness (QED) is 0.518. The lowest BCUT2D eigenvalue weighted by atomic mass is 9.97. The Bertz CT molecular complexity index is 1020. The van der Waals surface area contributed by atoms with Crippen LogP contribution in [0.4, 0.5) is 0 Å². The molecule has 0 spiro atoms. The Labute approximate surface area is 157 Å². The van der Waals surface area contributed by atoms with Gasteiger partial charge in [-0.2, -0.15) is 5.10 Å². The molecule has 0 aliphatic heterocycles. The van der Waals surface area contributed by atoms with Gasteiger partial charge in [0.1, 0.15) is 5.15 Å². The summed E-state index contributed by atoms with van der Waals surface area (Å²) in [6.07, 6.45) is 4.64. The average molecular weight is 370 g/mol. The molecule has 0 aliphatic carbocycles. The number of carboxylic acids is 1. The van der Waals surface area contributed by atoms with Crippen LogP contribution in [-0.2, 0) is 11.2 Å². The summed E-state index contributed by atoms with van der Waals surface area (Å²) in [6.45, 7) is 5.80. The molecule has 26 heavy (non-hydrogen) atoms. The van der Waals surface area contributed by atoms with Gasteiger partial charge < -0.3 is 5.11 Å². The van der Waals surface area contributed by atoms with E-state index >= 15 is 0 Å². The van der Waals surface area contributed by atoms with E-state index in [0.717, 1.165) is 40.0 Å². The predicted molar refractivity (Wildman–Crippen MR) is 103 cm³/mol. The fraction of sp³-hybridized carbons (Fsp3) is 0.250. The Morgan fingerprint density at radius 3 is 2.69 bits per heavy atom. The van der Waals surface area contributed by atoms with Crippen LogP contribution >= 0.6 is 11.6 Å². The molecule has 3 aromatic rings. The Hall–Kier alpha value is -2.66. The van der Waals surface area contributed by atoms with Crippen molar-refractivity contribution in [2.45, 2.75) is 33.6 Å². The minimum absolute atomic E-state index is 0.336. The summed E-state index contributed by atoms with van der Waals surface area (Å²) in [4.78, 5) is 15.6. The van der Waals surface area contributed by atoms with Crippen molar-refractivity contribution in [3.8, 4) is 11.1 Å². The molecule has 0 fully saturated rings. The van der Waals surface area contributed by atoms with E-state index in [9.17, 15) is 9.90 Å². The first-order chi connectivity index (χ1) is 12.5. The van der Waals surface area contributed by atoms with Crippen LogP contribution in [0.25, 0.3) is 22.7 Å². The number of pyridine rings is 1. The van der Waals surface area contributed by atoms with Gasteiger partial charge in [-0.1, -0.05) is 25.4 Å². The molecule has 0 amide bonds. The van der Waals surface area contributed by atoms with Crippen LogP contribution < -0.4 is 0 Å². The summed E-state index contributed by atoms with van der Waals surface area (Å²) in [7, 11) is 0. The first-order valence-electron chi connectivity index (χ1n) is 8.53. The van der Waals surface area contributed by atoms with Crippen LogP contribution in [0.1, 0.15) is 37.2 Å². The summed E-state index contributed by atoms with van der Waals surface area (Å²) in [5, 5.41) is 14.5. The molecule has 3 rings (SSSR count). The molecule has 0 atom stereocenters. The van der Waals surface area contributed by atoms with E-state index in [0.29, 0.717) is 17.1 Å². The summed E-state index contributed by atoms with van der Waals surface area (Å²) in [5.41, 5.74) is 5.69. The Morgan fingerprint density at radius 2 is 2.08 bits per heavy atom. The predicted octanol–water partition coefficient (Wildman–Crippen LogP) is 4.80. The number of aromatic nitrogens is 3. The molecule has 134 valence electrons.